The van der Waals surface area contributed by atoms with Gasteiger partial charge in [0.05, 0.1) is 0 Å². The van der Waals surface area contributed by atoms with Crippen LogP contribution in [0.25, 0.3) is 6.08 Å². The first-order chi connectivity index (χ1) is 9.60. The number of Topliss-reactive ketones (excluding diaryl/α,β-unsaturated/α-hetero) is 2. The molecule has 0 saturated heterocycles. The number of rotatable bonds is 2. The Hall–Kier alpha value is -2.19. The number of hydrogen-bond acceptors (Lipinski definition) is 2. The number of fused-ring (bicyclic) bond motifs is 1. The Bertz CT molecular complexity index is 711. The molecule has 1 aliphatic rings. The van der Waals surface area contributed by atoms with E-state index in [-0.39, 0.29) is 11.6 Å². The number of carbonyl (C=O) groups is 2. The van der Waals surface area contributed by atoms with E-state index in [1.807, 2.05) is 6.07 Å². The molecule has 20 heavy (non-hydrogen) atoms. The first-order valence-electron chi connectivity index (χ1n) is 6.20. The molecular weight excluding hydrogens is 272 g/mol. The molecule has 3 heteroatoms. The molecule has 0 aromatic heterocycles. The summed E-state index contributed by atoms with van der Waals surface area (Å²) < 4.78 is 0. The van der Waals surface area contributed by atoms with Crippen LogP contribution in [-0.2, 0) is 4.87 Å². The molecule has 1 aliphatic carbocycles. The number of alkyl halides is 1. The maximum Gasteiger partial charge on any atom is 0.196 e. The van der Waals surface area contributed by atoms with Crippen LogP contribution in [0.4, 0.5) is 0 Å². The average Bonchev–Trinajstić information content (AvgIpc) is 2.70. The van der Waals surface area contributed by atoms with Crippen molar-refractivity contribution in [2.24, 2.45) is 0 Å². The quantitative estimate of drug-likeness (QED) is 0.619. The molecule has 0 N–H and O–H groups in total. The summed E-state index contributed by atoms with van der Waals surface area (Å²) in [7, 11) is 0. The van der Waals surface area contributed by atoms with Crippen LogP contribution in [0.2, 0.25) is 0 Å². The Morgan fingerprint density at radius 3 is 1.95 bits per heavy atom. The van der Waals surface area contributed by atoms with Crippen molar-refractivity contribution in [1.29, 1.82) is 0 Å². The summed E-state index contributed by atoms with van der Waals surface area (Å²) in [5.74, 6) is -0.733. The molecule has 3 rings (SSSR count). The van der Waals surface area contributed by atoms with Crippen molar-refractivity contribution >= 4 is 29.2 Å². The Balaban J connectivity index is 2.27. The van der Waals surface area contributed by atoms with Gasteiger partial charge in [-0.15, -0.1) is 0 Å². The van der Waals surface area contributed by atoms with Crippen LogP contribution in [-0.4, -0.2) is 11.6 Å². The lowest BCUT2D eigenvalue weighted by Crippen LogP contribution is -2.32. The molecule has 0 unspecified atom stereocenters. The topological polar surface area (TPSA) is 34.1 Å². The van der Waals surface area contributed by atoms with Crippen molar-refractivity contribution < 1.29 is 9.59 Å². The molecule has 0 saturated carbocycles. The van der Waals surface area contributed by atoms with E-state index in [2.05, 4.69) is 6.58 Å². The maximum absolute atomic E-state index is 12.6. The molecule has 2 aromatic rings. The van der Waals surface area contributed by atoms with E-state index in [1.54, 1.807) is 48.5 Å². The SMILES string of the molecule is C=Cc1ccccc1C1(Cl)C(=O)c2ccccc2C1=O. The summed E-state index contributed by atoms with van der Waals surface area (Å²) in [4.78, 5) is 23.5. The van der Waals surface area contributed by atoms with Gasteiger partial charge >= 0.3 is 0 Å². The van der Waals surface area contributed by atoms with E-state index in [0.717, 1.165) is 0 Å². The molecule has 0 fully saturated rings. The fourth-order valence-electron chi connectivity index (χ4n) is 2.59. The smallest absolute Gasteiger partial charge is 0.196 e. The Morgan fingerprint density at radius 2 is 1.40 bits per heavy atom. The molecule has 2 aromatic carbocycles. The van der Waals surface area contributed by atoms with Crippen LogP contribution in [0.5, 0.6) is 0 Å². The van der Waals surface area contributed by atoms with Gasteiger partial charge in [-0.25, -0.2) is 0 Å². The van der Waals surface area contributed by atoms with Gasteiger partial charge in [-0.2, -0.15) is 0 Å². The van der Waals surface area contributed by atoms with Gasteiger partial charge in [0.15, 0.2) is 16.4 Å². The summed E-state index contributed by atoms with van der Waals surface area (Å²) in [6, 6.07) is 13.8. The summed E-state index contributed by atoms with van der Waals surface area (Å²) in [6.45, 7) is 3.71. The van der Waals surface area contributed by atoms with Gasteiger partial charge in [0.25, 0.3) is 0 Å². The van der Waals surface area contributed by atoms with E-state index < -0.39 is 4.87 Å². The normalized spacial score (nSPS) is 16.1. The zero-order valence-corrected chi connectivity index (χ0v) is 11.4. The molecule has 0 spiro atoms. The maximum atomic E-state index is 12.6. The lowest BCUT2D eigenvalue weighted by molar-refractivity contribution is 0.0861. The standard InChI is InChI=1S/C17H11ClO2/c1-2-11-7-3-6-10-14(11)17(18)15(19)12-8-4-5-9-13(12)16(17)20/h2-10H,1H2. The second kappa shape index (κ2) is 4.43. The van der Waals surface area contributed by atoms with Crippen LogP contribution in [0, 0.1) is 0 Å². The second-order valence-electron chi connectivity index (χ2n) is 4.65. The fourth-order valence-corrected chi connectivity index (χ4v) is 2.96. The van der Waals surface area contributed by atoms with Crippen LogP contribution in [0.1, 0.15) is 31.8 Å². The Labute approximate surface area is 121 Å². The molecule has 0 bridgehead atoms. The van der Waals surface area contributed by atoms with Crippen LogP contribution in [0.15, 0.2) is 55.1 Å². The first-order valence-corrected chi connectivity index (χ1v) is 6.58. The van der Waals surface area contributed by atoms with Crippen molar-refractivity contribution in [2.45, 2.75) is 4.87 Å². The van der Waals surface area contributed by atoms with Crippen molar-refractivity contribution in [3.05, 3.63) is 77.4 Å². The predicted molar refractivity (Wildman–Crippen MR) is 79.2 cm³/mol. The minimum Gasteiger partial charge on any atom is -0.291 e. The summed E-state index contributed by atoms with van der Waals surface area (Å²) in [6.07, 6.45) is 1.60. The largest absolute Gasteiger partial charge is 0.291 e. The average molecular weight is 283 g/mol. The van der Waals surface area contributed by atoms with E-state index in [1.165, 1.54) is 0 Å². The van der Waals surface area contributed by atoms with Gasteiger partial charge in [0.1, 0.15) is 0 Å². The monoisotopic (exact) mass is 282 g/mol. The van der Waals surface area contributed by atoms with Gasteiger partial charge < -0.3 is 0 Å². The number of benzene rings is 2. The van der Waals surface area contributed by atoms with E-state index in [9.17, 15) is 9.59 Å². The minimum absolute atomic E-state index is 0.367. The van der Waals surface area contributed by atoms with Crippen LogP contribution < -0.4 is 0 Å². The number of hydrogen-bond donors (Lipinski definition) is 0. The van der Waals surface area contributed by atoms with Crippen molar-refractivity contribution in [3.63, 3.8) is 0 Å². The fraction of sp³-hybridized carbons (Fsp3) is 0.0588. The van der Waals surface area contributed by atoms with Gasteiger partial charge in [-0.05, 0) is 11.1 Å². The molecule has 0 radical (unpaired) electrons. The summed E-state index contributed by atoms with van der Waals surface area (Å²) in [5, 5.41) is 0. The molecular formula is C17H11ClO2. The highest BCUT2D eigenvalue weighted by Crippen LogP contribution is 2.44. The van der Waals surface area contributed by atoms with E-state index in [0.29, 0.717) is 22.3 Å². The zero-order valence-electron chi connectivity index (χ0n) is 10.6. The zero-order chi connectivity index (χ0) is 14.3. The molecule has 0 aliphatic heterocycles. The lowest BCUT2D eigenvalue weighted by atomic mass is 9.89. The molecule has 98 valence electrons. The second-order valence-corrected chi connectivity index (χ2v) is 5.22. The van der Waals surface area contributed by atoms with Crippen molar-refractivity contribution in [3.8, 4) is 0 Å². The van der Waals surface area contributed by atoms with E-state index >= 15 is 0 Å². The molecule has 0 atom stereocenters. The molecule has 2 nitrogen and oxygen atoms in total. The van der Waals surface area contributed by atoms with Crippen LogP contribution in [0.3, 0.4) is 0 Å². The highest BCUT2D eigenvalue weighted by atomic mass is 35.5. The number of halogens is 1. The van der Waals surface area contributed by atoms with Gasteiger partial charge in [0, 0.05) is 11.1 Å². The Kier molecular flexibility index (Phi) is 2.84. The van der Waals surface area contributed by atoms with Crippen LogP contribution >= 0.6 is 11.6 Å². The third-order valence-electron chi connectivity index (χ3n) is 3.59. The third kappa shape index (κ3) is 1.52. The minimum atomic E-state index is -1.67. The van der Waals surface area contributed by atoms with Crippen molar-refractivity contribution in [1.82, 2.24) is 0 Å². The van der Waals surface area contributed by atoms with Gasteiger partial charge in [-0.1, -0.05) is 72.8 Å². The van der Waals surface area contributed by atoms with E-state index in [4.69, 9.17) is 11.6 Å². The summed E-state index contributed by atoms with van der Waals surface area (Å²) >= 11 is 6.50. The van der Waals surface area contributed by atoms with Crippen molar-refractivity contribution in [2.75, 3.05) is 0 Å². The molecule has 0 heterocycles. The Morgan fingerprint density at radius 1 is 0.900 bits per heavy atom. The van der Waals surface area contributed by atoms with Gasteiger partial charge in [0.2, 0.25) is 0 Å². The number of ketones is 2. The highest BCUT2D eigenvalue weighted by molar-refractivity contribution is 6.54. The number of carbonyl (C=O) groups excluding carboxylic acids is 2. The lowest BCUT2D eigenvalue weighted by Gasteiger charge is -2.20. The molecule has 0 amide bonds. The predicted octanol–water partition coefficient (Wildman–Crippen LogP) is 3.84. The first kappa shape index (κ1) is 12.8. The van der Waals surface area contributed by atoms with Gasteiger partial charge in [-0.3, -0.25) is 9.59 Å². The summed E-state index contributed by atoms with van der Waals surface area (Å²) in [5.41, 5.74) is 1.94. The third-order valence-corrected chi connectivity index (χ3v) is 4.14. The highest BCUT2D eigenvalue weighted by Gasteiger charge is 2.53.